The highest BCUT2D eigenvalue weighted by molar-refractivity contribution is 5.35. The molecule has 0 atom stereocenters. The van der Waals surface area contributed by atoms with Gasteiger partial charge in [-0.15, -0.1) is 5.10 Å². The molecular formula is C21H23N3O2. The van der Waals surface area contributed by atoms with Crippen LogP contribution >= 0.6 is 0 Å². The maximum absolute atomic E-state index is 5.79. The molecule has 1 saturated carbocycles. The normalized spacial score (nSPS) is 15.4. The molecule has 0 radical (unpaired) electrons. The number of aromatic nitrogens is 3. The molecule has 0 bridgehead atoms. The molecule has 5 heteroatoms. The number of hydrogen-bond donors (Lipinski definition) is 0. The van der Waals surface area contributed by atoms with Crippen LogP contribution < -0.4 is 4.74 Å². The zero-order valence-electron chi connectivity index (χ0n) is 15.0. The molecule has 4 rings (SSSR count). The SMILES string of the molecule is COc1cccc(C2(n3cc(COCc4ccccc4)nn3)CCC2)c1. The van der Waals surface area contributed by atoms with Gasteiger partial charge < -0.3 is 9.47 Å². The number of methoxy groups -OCH3 is 1. The van der Waals surface area contributed by atoms with E-state index in [1.807, 2.05) is 41.2 Å². The Morgan fingerprint density at radius 3 is 2.62 bits per heavy atom. The standard InChI is InChI=1S/C21H23N3O2/c1-25-20-10-5-9-18(13-20)21(11-6-12-21)24-14-19(22-23-24)16-26-15-17-7-3-2-4-8-17/h2-5,7-10,13-14H,6,11-12,15-16H2,1H3. The third kappa shape index (κ3) is 3.22. The number of rotatable bonds is 7. The fourth-order valence-electron chi connectivity index (χ4n) is 3.50. The highest BCUT2D eigenvalue weighted by Crippen LogP contribution is 2.45. The van der Waals surface area contributed by atoms with E-state index in [1.54, 1.807) is 7.11 Å². The molecule has 0 spiro atoms. The Balaban J connectivity index is 1.47. The number of nitrogens with zero attached hydrogens (tertiary/aromatic N) is 3. The van der Waals surface area contributed by atoms with Crippen molar-refractivity contribution in [3.8, 4) is 5.75 Å². The summed E-state index contributed by atoms with van der Waals surface area (Å²) in [7, 11) is 1.70. The van der Waals surface area contributed by atoms with Crippen molar-refractivity contribution in [3.05, 3.63) is 77.6 Å². The lowest BCUT2D eigenvalue weighted by Gasteiger charge is -2.42. The molecule has 1 aromatic heterocycles. The highest BCUT2D eigenvalue weighted by atomic mass is 16.5. The van der Waals surface area contributed by atoms with E-state index in [1.165, 1.54) is 12.0 Å². The van der Waals surface area contributed by atoms with Crippen LogP contribution in [-0.2, 0) is 23.5 Å². The Kier molecular flexibility index (Phi) is 4.71. The smallest absolute Gasteiger partial charge is 0.119 e. The minimum Gasteiger partial charge on any atom is -0.497 e. The molecule has 0 saturated heterocycles. The van der Waals surface area contributed by atoms with Crippen LogP contribution in [0.3, 0.4) is 0 Å². The van der Waals surface area contributed by atoms with Crippen molar-refractivity contribution in [3.63, 3.8) is 0 Å². The lowest BCUT2D eigenvalue weighted by molar-refractivity contribution is 0.104. The minimum absolute atomic E-state index is 0.112. The van der Waals surface area contributed by atoms with Gasteiger partial charge in [0.15, 0.2) is 0 Å². The molecule has 0 aliphatic heterocycles. The Labute approximate surface area is 153 Å². The highest BCUT2D eigenvalue weighted by Gasteiger charge is 2.42. The molecule has 1 heterocycles. The summed E-state index contributed by atoms with van der Waals surface area (Å²) in [5.74, 6) is 0.875. The average molecular weight is 349 g/mol. The van der Waals surface area contributed by atoms with E-state index in [2.05, 4.69) is 34.6 Å². The summed E-state index contributed by atoms with van der Waals surface area (Å²) in [5.41, 5.74) is 3.13. The van der Waals surface area contributed by atoms with Crippen LogP contribution in [0.25, 0.3) is 0 Å². The second-order valence-corrected chi connectivity index (χ2v) is 6.75. The maximum atomic E-state index is 5.79. The Hall–Kier alpha value is -2.66. The summed E-state index contributed by atoms with van der Waals surface area (Å²) in [4.78, 5) is 0. The van der Waals surface area contributed by atoms with Gasteiger partial charge in [-0.2, -0.15) is 0 Å². The van der Waals surface area contributed by atoms with Crippen molar-refractivity contribution in [2.24, 2.45) is 0 Å². The molecule has 2 aromatic carbocycles. The van der Waals surface area contributed by atoms with Gasteiger partial charge in [0.2, 0.25) is 0 Å². The molecule has 134 valence electrons. The lowest BCUT2D eigenvalue weighted by atomic mass is 9.72. The van der Waals surface area contributed by atoms with Gasteiger partial charge in [0.05, 0.1) is 32.1 Å². The second-order valence-electron chi connectivity index (χ2n) is 6.75. The van der Waals surface area contributed by atoms with Gasteiger partial charge in [-0.3, -0.25) is 0 Å². The van der Waals surface area contributed by atoms with Gasteiger partial charge >= 0.3 is 0 Å². The zero-order valence-corrected chi connectivity index (χ0v) is 15.0. The Morgan fingerprint density at radius 2 is 1.88 bits per heavy atom. The third-order valence-electron chi connectivity index (χ3n) is 5.13. The summed E-state index contributed by atoms with van der Waals surface area (Å²) >= 11 is 0. The Bertz CT molecular complexity index is 856. The van der Waals surface area contributed by atoms with E-state index in [4.69, 9.17) is 9.47 Å². The van der Waals surface area contributed by atoms with Crippen molar-refractivity contribution in [1.82, 2.24) is 15.0 Å². The van der Waals surface area contributed by atoms with Crippen LogP contribution in [0.4, 0.5) is 0 Å². The van der Waals surface area contributed by atoms with E-state index in [0.29, 0.717) is 13.2 Å². The summed E-state index contributed by atoms with van der Waals surface area (Å²) < 4.78 is 13.2. The predicted molar refractivity (Wildman–Crippen MR) is 98.9 cm³/mol. The summed E-state index contributed by atoms with van der Waals surface area (Å²) in [5, 5.41) is 8.73. The van der Waals surface area contributed by atoms with Gasteiger partial charge in [-0.25, -0.2) is 4.68 Å². The average Bonchev–Trinajstić information content (AvgIpc) is 3.11. The summed E-state index contributed by atoms with van der Waals surface area (Å²) in [6.45, 7) is 1.04. The number of hydrogen-bond acceptors (Lipinski definition) is 4. The van der Waals surface area contributed by atoms with Gasteiger partial charge in [0.25, 0.3) is 0 Å². The maximum Gasteiger partial charge on any atom is 0.119 e. The fraction of sp³-hybridized carbons (Fsp3) is 0.333. The molecule has 3 aromatic rings. The molecule has 1 aliphatic carbocycles. The quantitative estimate of drug-likeness (QED) is 0.648. The summed E-state index contributed by atoms with van der Waals surface area (Å²) in [6, 6.07) is 18.4. The van der Waals surface area contributed by atoms with Gasteiger partial charge in [0, 0.05) is 0 Å². The molecular weight excluding hydrogens is 326 g/mol. The minimum atomic E-state index is -0.112. The topological polar surface area (TPSA) is 49.2 Å². The summed E-state index contributed by atoms with van der Waals surface area (Å²) in [6.07, 6.45) is 5.34. The van der Waals surface area contributed by atoms with E-state index < -0.39 is 0 Å². The van der Waals surface area contributed by atoms with E-state index in [-0.39, 0.29) is 5.54 Å². The third-order valence-corrected chi connectivity index (χ3v) is 5.13. The molecule has 1 aliphatic rings. The molecule has 0 amide bonds. The molecule has 5 nitrogen and oxygen atoms in total. The van der Waals surface area contributed by atoms with Gasteiger partial charge in [0.1, 0.15) is 11.4 Å². The number of benzene rings is 2. The molecule has 0 N–H and O–H groups in total. The largest absolute Gasteiger partial charge is 0.497 e. The molecule has 1 fully saturated rings. The van der Waals surface area contributed by atoms with Crippen LogP contribution in [0, 0.1) is 0 Å². The fourth-order valence-corrected chi connectivity index (χ4v) is 3.50. The van der Waals surface area contributed by atoms with E-state index in [9.17, 15) is 0 Å². The first-order valence-electron chi connectivity index (χ1n) is 8.98. The van der Waals surface area contributed by atoms with Crippen molar-refractivity contribution in [2.75, 3.05) is 7.11 Å². The number of ether oxygens (including phenoxy) is 2. The van der Waals surface area contributed by atoms with Crippen LogP contribution in [-0.4, -0.2) is 22.1 Å². The van der Waals surface area contributed by atoms with E-state index in [0.717, 1.165) is 29.8 Å². The van der Waals surface area contributed by atoms with Crippen LogP contribution in [0.2, 0.25) is 0 Å². The monoisotopic (exact) mass is 349 g/mol. The zero-order chi connectivity index (χ0) is 17.8. The first-order valence-corrected chi connectivity index (χ1v) is 8.98. The van der Waals surface area contributed by atoms with Crippen LogP contribution in [0.1, 0.15) is 36.1 Å². The van der Waals surface area contributed by atoms with Gasteiger partial charge in [-0.1, -0.05) is 47.7 Å². The van der Waals surface area contributed by atoms with E-state index >= 15 is 0 Å². The Morgan fingerprint density at radius 1 is 1.04 bits per heavy atom. The van der Waals surface area contributed by atoms with Crippen LogP contribution in [0.5, 0.6) is 5.75 Å². The van der Waals surface area contributed by atoms with Crippen molar-refractivity contribution in [2.45, 2.75) is 38.0 Å². The molecule has 26 heavy (non-hydrogen) atoms. The second kappa shape index (κ2) is 7.30. The van der Waals surface area contributed by atoms with Crippen molar-refractivity contribution >= 4 is 0 Å². The van der Waals surface area contributed by atoms with Crippen molar-refractivity contribution in [1.29, 1.82) is 0 Å². The van der Waals surface area contributed by atoms with Crippen LogP contribution in [0.15, 0.2) is 60.8 Å². The molecule has 0 unspecified atom stereocenters. The predicted octanol–water partition coefficient (Wildman–Crippen LogP) is 3.93. The van der Waals surface area contributed by atoms with Gasteiger partial charge in [-0.05, 0) is 42.5 Å². The lowest BCUT2D eigenvalue weighted by Crippen LogP contribution is -2.42. The van der Waals surface area contributed by atoms with Crippen molar-refractivity contribution < 1.29 is 9.47 Å². The first kappa shape index (κ1) is 16.8. The first-order chi connectivity index (χ1) is 12.8.